The largest absolute Gasteiger partial charge is 0.478 e. The molecule has 1 aromatic rings. The van der Waals surface area contributed by atoms with Crippen molar-refractivity contribution < 1.29 is 27.9 Å². The summed E-state index contributed by atoms with van der Waals surface area (Å²) in [5.74, 6) is -1.57. The van der Waals surface area contributed by atoms with Crippen molar-refractivity contribution in [2.24, 2.45) is 0 Å². The van der Waals surface area contributed by atoms with Gasteiger partial charge in [0.05, 0.1) is 16.8 Å². The zero-order valence-electron chi connectivity index (χ0n) is 10.1. The van der Waals surface area contributed by atoms with Crippen molar-refractivity contribution in [2.45, 2.75) is 6.18 Å². The van der Waals surface area contributed by atoms with Crippen molar-refractivity contribution in [3.63, 3.8) is 0 Å². The molecule has 8 heteroatoms. The molecule has 0 atom stereocenters. The van der Waals surface area contributed by atoms with Crippen LogP contribution in [0.15, 0.2) is 30.9 Å². The number of benzene rings is 1. The van der Waals surface area contributed by atoms with Crippen LogP contribution in [0.25, 0.3) is 0 Å². The van der Waals surface area contributed by atoms with E-state index in [1.165, 1.54) is 6.08 Å². The minimum Gasteiger partial charge on any atom is -0.478 e. The van der Waals surface area contributed by atoms with Crippen molar-refractivity contribution in [3.05, 3.63) is 42.0 Å². The minimum absolute atomic E-state index is 0.134. The van der Waals surface area contributed by atoms with Gasteiger partial charge >= 0.3 is 18.2 Å². The van der Waals surface area contributed by atoms with Crippen LogP contribution in [0, 0.1) is 0 Å². The Hall–Kier alpha value is -2.51. The summed E-state index contributed by atoms with van der Waals surface area (Å²) in [6.07, 6.45) is -3.27. The van der Waals surface area contributed by atoms with Crippen molar-refractivity contribution in [1.82, 2.24) is 5.32 Å². The minimum atomic E-state index is -4.66. The highest BCUT2D eigenvalue weighted by atomic mass is 19.4. The quantitative estimate of drug-likeness (QED) is 0.745. The van der Waals surface area contributed by atoms with Gasteiger partial charge in [-0.25, -0.2) is 9.59 Å². The van der Waals surface area contributed by atoms with Crippen molar-refractivity contribution in [3.8, 4) is 0 Å². The van der Waals surface area contributed by atoms with Crippen LogP contribution in [0.3, 0.4) is 0 Å². The number of urea groups is 1. The molecule has 0 radical (unpaired) electrons. The number of alkyl halides is 3. The fraction of sp³-hybridized carbons (Fsp3) is 0.167. The van der Waals surface area contributed by atoms with Crippen LogP contribution in [0.5, 0.6) is 0 Å². The lowest BCUT2D eigenvalue weighted by molar-refractivity contribution is -0.137. The van der Waals surface area contributed by atoms with E-state index in [1.54, 1.807) is 0 Å². The molecule has 3 N–H and O–H groups in total. The molecule has 0 fully saturated rings. The molecule has 0 aliphatic heterocycles. The van der Waals surface area contributed by atoms with E-state index in [-0.39, 0.29) is 12.2 Å². The Balaban J connectivity index is 3.05. The van der Waals surface area contributed by atoms with Gasteiger partial charge in [0, 0.05) is 6.54 Å². The van der Waals surface area contributed by atoms with Gasteiger partial charge in [0.1, 0.15) is 0 Å². The number of carboxylic acid groups (broad SMARTS) is 1. The molecule has 20 heavy (non-hydrogen) atoms. The van der Waals surface area contributed by atoms with Gasteiger partial charge in [0.15, 0.2) is 0 Å². The first-order valence-electron chi connectivity index (χ1n) is 5.36. The topological polar surface area (TPSA) is 78.4 Å². The van der Waals surface area contributed by atoms with E-state index >= 15 is 0 Å². The fourth-order valence-corrected chi connectivity index (χ4v) is 1.34. The molecule has 1 aromatic carbocycles. The molecule has 1 rings (SSSR count). The van der Waals surface area contributed by atoms with E-state index in [2.05, 4.69) is 17.2 Å². The average molecular weight is 288 g/mol. The number of nitrogens with one attached hydrogen (secondary N) is 2. The molecular formula is C12H11F3N2O3. The molecule has 0 aliphatic rings. The van der Waals surface area contributed by atoms with Crippen LogP contribution >= 0.6 is 0 Å². The van der Waals surface area contributed by atoms with Gasteiger partial charge < -0.3 is 15.7 Å². The van der Waals surface area contributed by atoms with Crippen molar-refractivity contribution in [2.75, 3.05) is 11.9 Å². The summed E-state index contributed by atoms with van der Waals surface area (Å²) in [5, 5.41) is 13.4. The lowest BCUT2D eigenvalue weighted by atomic mass is 10.1. The first-order valence-corrected chi connectivity index (χ1v) is 5.36. The highest BCUT2D eigenvalue weighted by molar-refractivity contribution is 6.00. The van der Waals surface area contributed by atoms with Crippen LogP contribution < -0.4 is 10.6 Å². The van der Waals surface area contributed by atoms with Crippen LogP contribution in [-0.2, 0) is 6.18 Å². The second kappa shape index (κ2) is 6.09. The summed E-state index contributed by atoms with van der Waals surface area (Å²) in [4.78, 5) is 22.3. The number of halogens is 3. The van der Waals surface area contributed by atoms with Gasteiger partial charge in [-0.3, -0.25) is 0 Å². The third kappa shape index (κ3) is 4.01. The van der Waals surface area contributed by atoms with Gasteiger partial charge in [-0.1, -0.05) is 6.08 Å². The number of anilines is 1. The van der Waals surface area contributed by atoms with Crippen LogP contribution in [-0.4, -0.2) is 23.7 Å². The Morgan fingerprint density at radius 3 is 2.50 bits per heavy atom. The average Bonchev–Trinajstić information content (AvgIpc) is 2.35. The van der Waals surface area contributed by atoms with E-state index in [1.807, 2.05) is 0 Å². The predicted molar refractivity (Wildman–Crippen MR) is 65.6 cm³/mol. The Labute approximate surface area is 112 Å². The number of hydrogen-bond acceptors (Lipinski definition) is 2. The second-order valence-corrected chi connectivity index (χ2v) is 3.69. The number of rotatable bonds is 4. The number of carbonyl (C=O) groups excluding carboxylic acids is 1. The Morgan fingerprint density at radius 1 is 1.35 bits per heavy atom. The Bertz CT molecular complexity index is 541. The number of aromatic carboxylic acids is 1. The number of hydrogen-bond donors (Lipinski definition) is 3. The summed E-state index contributed by atoms with van der Waals surface area (Å²) in [6, 6.07) is 1.30. The van der Waals surface area contributed by atoms with E-state index in [0.29, 0.717) is 12.1 Å². The van der Waals surface area contributed by atoms with Gasteiger partial charge in [-0.2, -0.15) is 13.2 Å². The molecule has 0 aliphatic carbocycles. The summed E-state index contributed by atoms with van der Waals surface area (Å²) in [6.45, 7) is 3.50. The first-order chi connectivity index (χ1) is 9.25. The van der Waals surface area contributed by atoms with Crippen molar-refractivity contribution >= 4 is 17.7 Å². The smallest absolute Gasteiger partial charge is 0.416 e. The molecule has 0 saturated carbocycles. The molecule has 0 saturated heterocycles. The van der Waals surface area contributed by atoms with Gasteiger partial charge in [0.25, 0.3) is 0 Å². The zero-order chi connectivity index (χ0) is 15.3. The van der Waals surface area contributed by atoms with Crippen LogP contribution in [0.4, 0.5) is 23.7 Å². The van der Waals surface area contributed by atoms with Gasteiger partial charge in [0.2, 0.25) is 0 Å². The third-order valence-corrected chi connectivity index (χ3v) is 2.23. The summed E-state index contributed by atoms with van der Waals surface area (Å²) in [7, 11) is 0. The van der Waals surface area contributed by atoms with E-state index < -0.39 is 29.3 Å². The van der Waals surface area contributed by atoms with E-state index in [4.69, 9.17) is 5.11 Å². The monoisotopic (exact) mass is 288 g/mol. The van der Waals surface area contributed by atoms with Crippen LogP contribution in [0.2, 0.25) is 0 Å². The van der Waals surface area contributed by atoms with Gasteiger partial charge in [-0.05, 0) is 18.2 Å². The highest BCUT2D eigenvalue weighted by Gasteiger charge is 2.31. The van der Waals surface area contributed by atoms with Crippen molar-refractivity contribution in [1.29, 1.82) is 0 Å². The maximum absolute atomic E-state index is 12.5. The number of carbonyl (C=O) groups is 2. The molecule has 2 amide bonds. The zero-order valence-corrected chi connectivity index (χ0v) is 10.1. The number of amides is 2. The third-order valence-electron chi connectivity index (χ3n) is 2.23. The Kier molecular flexibility index (Phi) is 4.73. The normalized spacial score (nSPS) is 10.8. The SMILES string of the molecule is C=CCNC(=O)Nc1ccc(C(F)(F)F)cc1C(=O)O. The molecule has 0 aromatic heterocycles. The molecule has 108 valence electrons. The predicted octanol–water partition coefficient (Wildman–Crippen LogP) is 2.71. The first kappa shape index (κ1) is 15.5. The maximum Gasteiger partial charge on any atom is 0.416 e. The molecule has 0 unspecified atom stereocenters. The summed E-state index contributed by atoms with van der Waals surface area (Å²) < 4.78 is 37.5. The summed E-state index contributed by atoms with van der Waals surface area (Å²) >= 11 is 0. The van der Waals surface area contributed by atoms with Gasteiger partial charge in [-0.15, -0.1) is 6.58 Å². The maximum atomic E-state index is 12.5. The molecular weight excluding hydrogens is 277 g/mol. The number of carboxylic acids is 1. The molecule has 0 spiro atoms. The van der Waals surface area contributed by atoms with Crippen LogP contribution in [0.1, 0.15) is 15.9 Å². The Morgan fingerprint density at radius 2 is 2.00 bits per heavy atom. The molecule has 5 nitrogen and oxygen atoms in total. The van der Waals surface area contributed by atoms with E-state index in [0.717, 1.165) is 6.07 Å². The molecule has 0 heterocycles. The lowest BCUT2D eigenvalue weighted by Gasteiger charge is -2.12. The highest BCUT2D eigenvalue weighted by Crippen LogP contribution is 2.31. The summed E-state index contributed by atoms with van der Waals surface area (Å²) in [5.41, 5.74) is -1.98. The fourth-order valence-electron chi connectivity index (χ4n) is 1.34. The molecule has 0 bridgehead atoms. The lowest BCUT2D eigenvalue weighted by Crippen LogP contribution is -2.29. The van der Waals surface area contributed by atoms with E-state index in [9.17, 15) is 22.8 Å². The standard InChI is InChI=1S/C12H11F3N2O3/c1-2-5-16-11(20)17-9-4-3-7(12(13,14)15)6-8(9)10(18)19/h2-4,6H,1,5H2,(H,18,19)(H2,16,17,20). The second-order valence-electron chi connectivity index (χ2n) is 3.69.